The summed E-state index contributed by atoms with van der Waals surface area (Å²) in [5, 5.41) is 9.50. The Hall–Kier alpha value is -1.89. The molecule has 1 aromatic rings. The van der Waals surface area contributed by atoms with E-state index in [0.717, 1.165) is 12.8 Å². The summed E-state index contributed by atoms with van der Waals surface area (Å²) in [6, 6.07) is -0.784. The summed E-state index contributed by atoms with van der Waals surface area (Å²) in [7, 11) is 0. The molecule has 0 spiro atoms. The molecule has 0 aliphatic carbocycles. The topological polar surface area (TPSA) is 95.4 Å². The number of nitrogens with one attached hydrogen (secondary N) is 1. The molecule has 0 aliphatic rings. The van der Waals surface area contributed by atoms with Gasteiger partial charge in [-0.15, -0.1) is 0 Å². The SMILES string of the molecule is CCCN(CCC)[C@@H](Cn1cc(CC)c(=O)[nH]c1=O)C(=O)O. The van der Waals surface area contributed by atoms with Gasteiger partial charge in [-0.05, 0) is 32.4 Å². The van der Waals surface area contributed by atoms with Crippen molar-refractivity contribution in [3.05, 3.63) is 32.6 Å². The van der Waals surface area contributed by atoms with E-state index in [9.17, 15) is 19.5 Å². The van der Waals surface area contributed by atoms with E-state index in [1.165, 1.54) is 10.8 Å². The molecular formula is C15H25N3O4. The predicted molar refractivity (Wildman–Crippen MR) is 84.3 cm³/mol. The molecule has 0 amide bonds. The van der Waals surface area contributed by atoms with Gasteiger partial charge in [-0.3, -0.25) is 24.0 Å². The van der Waals surface area contributed by atoms with Crippen molar-refractivity contribution in [2.75, 3.05) is 13.1 Å². The Morgan fingerprint density at radius 2 is 1.86 bits per heavy atom. The number of nitrogens with zero attached hydrogens (tertiary/aromatic N) is 2. The minimum Gasteiger partial charge on any atom is -0.480 e. The number of aliphatic carboxylic acids is 1. The summed E-state index contributed by atoms with van der Waals surface area (Å²) in [5.74, 6) is -0.960. The lowest BCUT2D eigenvalue weighted by atomic mass is 10.2. The number of carbonyl (C=O) groups is 1. The van der Waals surface area contributed by atoms with Gasteiger partial charge in [-0.1, -0.05) is 20.8 Å². The van der Waals surface area contributed by atoms with Crippen molar-refractivity contribution in [3.63, 3.8) is 0 Å². The highest BCUT2D eigenvalue weighted by atomic mass is 16.4. The molecular weight excluding hydrogens is 286 g/mol. The number of aromatic nitrogens is 2. The Morgan fingerprint density at radius 1 is 1.27 bits per heavy atom. The van der Waals surface area contributed by atoms with Gasteiger partial charge < -0.3 is 5.11 Å². The smallest absolute Gasteiger partial charge is 0.328 e. The molecule has 7 heteroatoms. The van der Waals surface area contributed by atoms with E-state index in [2.05, 4.69) is 4.98 Å². The predicted octanol–water partition coefficient (Wildman–Crippen LogP) is 0.674. The first-order valence-electron chi connectivity index (χ1n) is 7.74. The summed E-state index contributed by atoms with van der Waals surface area (Å²) in [4.78, 5) is 39.2. The molecule has 1 rings (SSSR count). The summed E-state index contributed by atoms with van der Waals surface area (Å²) < 4.78 is 1.29. The Balaban J connectivity index is 3.12. The van der Waals surface area contributed by atoms with Crippen molar-refractivity contribution in [2.45, 2.75) is 52.6 Å². The lowest BCUT2D eigenvalue weighted by Gasteiger charge is -2.28. The first kappa shape index (κ1) is 18.2. The Kier molecular flexibility index (Phi) is 7.04. The van der Waals surface area contributed by atoms with Crippen LogP contribution in [-0.4, -0.2) is 44.7 Å². The average Bonchev–Trinajstić information content (AvgIpc) is 2.46. The molecule has 22 heavy (non-hydrogen) atoms. The molecule has 0 unspecified atom stereocenters. The van der Waals surface area contributed by atoms with Crippen LogP contribution >= 0.6 is 0 Å². The standard InChI is InChI=1S/C15H25N3O4/c1-4-7-17(8-5-2)12(14(20)21)10-18-9-11(6-3)13(19)16-15(18)22/h9,12H,4-8,10H2,1-3H3,(H,20,21)(H,16,19,22)/t12-/m0/s1. The minimum absolute atomic E-state index is 0.0257. The number of hydrogen-bond acceptors (Lipinski definition) is 4. The van der Waals surface area contributed by atoms with E-state index in [0.29, 0.717) is 25.1 Å². The van der Waals surface area contributed by atoms with E-state index in [4.69, 9.17) is 0 Å². The monoisotopic (exact) mass is 311 g/mol. The van der Waals surface area contributed by atoms with E-state index in [1.54, 1.807) is 0 Å². The number of carboxylic acids is 1. The van der Waals surface area contributed by atoms with Crippen LogP contribution in [0.15, 0.2) is 15.8 Å². The van der Waals surface area contributed by atoms with Gasteiger partial charge in [0, 0.05) is 11.8 Å². The molecule has 1 aromatic heterocycles. The molecule has 1 atom stereocenters. The number of H-pyrrole nitrogens is 1. The van der Waals surface area contributed by atoms with Crippen molar-refractivity contribution in [2.24, 2.45) is 0 Å². The third-order valence-electron chi connectivity index (χ3n) is 3.58. The van der Waals surface area contributed by atoms with Crippen LogP contribution in [0.2, 0.25) is 0 Å². The fourth-order valence-electron chi connectivity index (χ4n) is 2.48. The van der Waals surface area contributed by atoms with Gasteiger partial charge in [0.2, 0.25) is 0 Å². The molecule has 0 fully saturated rings. The first-order chi connectivity index (χ1) is 10.4. The van der Waals surface area contributed by atoms with Crippen molar-refractivity contribution < 1.29 is 9.90 Å². The van der Waals surface area contributed by atoms with Crippen LogP contribution in [0.25, 0.3) is 0 Å². The zero-order chi connectivity index (χ0) is 16.7. The van der Waals surface area contributed by atoms with E-state index in [1.807, 2.05) is 25.7 Å². The molecule has 2 N–H and O–H groups in total. The van der Waals surface area contributed by atoms with E-state index in [-0.39, 0.29) is 6.54 Å². The third-order valence-corrected chi connectivity index (χ3v) is 3.58. The largest absolute Gasteiger partial charge is 0.480 e. The van der Waals surface area contributed by atoms with Gasteiger partial charge in [0.15, 0.2) is 0 Å². The summed E-state index contributed by atoms with van der Waals surface area (Å²) in [6.07, 6.45) is 3.63. The van der Waals surface area contributed by atoms with Crippen LogP contribution in [0.4, 0.5) is 0 Å². The van der Waals surface area contributed by atoms with Gasteiger partial charge in [0.1, 0.15) is 6.04 Å². The maximum absolute atomic E-state index is 11.9. The van der Waals surface area contributed by atoms with Crippen LogP contribution in [0.5, 0.6) is 0 Å². The molecule has 1 heterocycles. The Bertz CT molecular complexity index is 600. The quantitative estimate of drug-likeness (QED) is 0.699. The number of aromatic amines is 1. The molecule has 0 bridgehead atoms. The van der Waals surface area contributed by atoms with Gasteiger partial charge >= 0.3 is 11.7 Å². The zero-order valence-electron chi connectivity index (χ0n) is 13.5. The molecule has 7 nitrogen and oxygen atoms in total. The highest BCUT2D eigenvalue weighted by Gasteiger charge is 2.25. The fourth-order valence-corrected chi connectivity index (χ4v) is 2.48. The molecule has 124 valence electrons. The van der Waals surface area contributed by atoms with Crippen LogP contribution in [0, 0.1) is 0 Å². The minimum atomic E-state index is -0.960. The highest BCUT2D eigenvalue weighted by molar-refractivity contribution is 5.73. The maximum Gasteiger partial charge on any atom is 0.328 e. The van der Waals surface area contributed by atoms with Gasteiger partial charge in [-0.25, -0.2) is 4.79 Å². The number of carboxylic acid groups (broad SMARTS) is 1. The van der Waals surface area contributed by atoms with E-state index >= 15 is 0 Å². The molecule has 0 aromatic carbocycles. The number of aryl methyl sites for hydroxylation is 1. The van der Waals surface area contributed by atoms with Crippen LogP contribution in [-0.2, 0) is 17.8 Å². The fraction of sp³-hybridized carbons (Fsp3) is 0.667. The van der Waals surface area contributed by atoms with E-state index < -0.39 is 23.3 Å². The second-order valence-electron chi connectivity index (χ2n) is 5.31. The van der Waals surface area contributed by atoms with Crippen molar-refractivity contribution in [1.82, 2.24) is 14.5 Å². The molecule has 0 saturated heterocycles. The Labute approximate surface area is 129 Å². The maximum atomic E-state index is 11.9. The summed E-state index contributed by atoms with van der Waals surface area (Å²) in [6.45, 7) is 7.13. The molecule has 0 radical (unpaired) electrons. The summed E-state index contributed by atoms with van der Waals surface area (Å²) >= 11 is 0. The lowest BCUT2D eigenvalue weighted by molar-refractivity contribution is -0.144. The number of rotatable bonds is 9. The molecule has 0 aliphatic heterocycles. The Morgan fingerprint density at radius 3 is 2.32 bits per heavy atom. The number of hydrogen-bond donors (Lipinski definition) is 2. The van der Waals surface area contributed by atoms with Crippen LogP contribution in [0.3, 0.4) is 0 Å². The van der Waals surface area contributed by atoms with Crippen LogP contribution in [0.1, 0.15) is 39.2 Å². The van der Waals surface area contributed by atoms with Gasteiger partial charge in [-0.2, -0.15) is 0 Å². The second-order valence-corrected chi connectivity index (χ2v) is 5.31. The lowest BCUT2D eigenvalue weighted by Crippen LogP contribution is -2.47. The normalized spacial score (nSPS) is 12.5. The average molecular weight is 311 g/mol. The second kappa shape index (κ2) is 8.53. The van der Waals surface area contributed by atoms with Gasteiger partial charge in [0.25, 0.3) is 5.56 Å². The van der Waals surface area contributed by atoms with Crippen LogP contribution < -0.4 is 11.2 Å². The first-order valence-corrected chi connectivity index (χ1v) is 7.74. The highest BCUT2D eigenvalue weighted by Crippen LogP contribution is 2.06. The van der Waals surface area contributed by atoms with Crippen molar-refractivity contribution >= 4 is 5.97 Å². The van der Waals surface area contributed by atoms with Gasteiger partial charge in [0.05, 0.1) is 6.54 Å². The summed E-state index contributed by atoms with van der Waals surface area (Å²) in [5.41, 5.74) is -0.503. The molecule has 0 saturated carbocycles. The van der Waals surface area contributed by atoms with Crippen molar-refractivity contribution in [1.29, 1.82) is 0 Å². The third kappa shape index (κ3) is 4.56. The van der Waals surface area contributed by atoms with Crippen molar-refractivity contribution in [3.8, 4) is 0 Å². The zero-order valence-corrected chi connectivity index (χ0v) is 13.5.